The normalized spacial score (nSPS) is 26.6. The van der Waals surface area contributed by atoms with Gasteiger partial charge in [0.2, 0.25) is 0 Å². The zero-order valence-corrected chi connectivity index (χ0v) is 26.0. The van der Waals surface area contributed by atoms with Crippen LogP contribution in [0.1, 0.15) is 44.4 Å². The SMILES string of the molecule is CNCC[C@]1(C(=O)O[C@@H]2Cc3c(cc4oc(C)cc(=O)c4c3O)OC2(C)C)O[C@@H]1CCC1=CC(C2=CCNC(N)=C2)NC(N)=C1. The molecule has 1 fully saturated rings. The van der Waals surface area contributed by atoms with Gasteiger partial charge in [-0.05, 0) is 70.5 Å². The molecule has 0 saturated carbocycles. The number of phenolic OH excluding ortho intramolecular Hbond substituents is 1. The molecule has 0 spiro atoms. The Hall–Kier alpha value is -4.42. The summed E-state index contributed by atoms with van der Waals surface area (Å²) in [6.07, 6.45) is 8.71. The van der Waals surface area contributed by atoms with E-state index < -0.39 is 23.3 Å². The predicted octanol–water partition coefficient (Wildman–Crippen LogP) is 1.99. The van der Waals surface area contributed by atoms with Crippen LogP contribution in [-0.2, 0) is 20.7 Å². The van der Waals surface area contributed by atoms with Gasteiger partial charge < -0.3 is 51.2 Å². The first-order valence-corrected chi connectivity index (χ1v) is 15.3. The standard InChI is InChI=1S/C33H41N5O7/c1-17-11-22(39)29-24(42-17)16-23-20(30(29)40)15-26(32(2,3)44-23)43-31(41)33(8-10-36-4)25(45-33)6-5-18-12-21(38-28(35)13-18)19-7-9-37-27(34)14-19/h7,11-14,16,21,25-26,36-38,40H,5-6,8-10,15,34-35H2,1-4H3/t21?,25-,26-,33+/m1/s1. The third-order valence-electron chi connectivity index (χ3n) is 8.94. The smallest absolute Gasteiger partial charge is 0.341 e. The third kappa shape index (κ3) is 5.87. The number of benzene rings is 1. The Balaban J connectivity index is 1.18. The summed E-state index contributed by atoms with van der Waals surface area (Å²) in [6.45, 7) is 6.52. The lowest BCUT2D eigenvalue weighted by molar-refractivity contribution is -0.167. The van der Waals surface area contributed by atoms with Crippen molar-refractivity contribution in [1.82, 2.24) is 16.0 Å². The van der Waals surface area contributed by atoms with Gasteiger partial charge in [-0.1, -0.05) is 12.2 Å². The first-order valence-electron chi connectivity index (χ1n) is 15.3. The van der Waals surface area contributed by atoms with Crippen molar-refractivity contribution in [1.29, 1.82) is 0 Å². The highest BCUT2D eigenvalue weighted by molar-refractivity contribution is 5.87. The number of phenols is 1. The zero-order valence-electron chi connectivity index (χ0n) is 26.0. The molecule has 4 atom stereocenters. The summed E-state index contributed by atoms with van der Waals surface area (Å²) in [7, 11) is 1.82. The van der Waals surface area contributed by atoms with Gasteiger partial charge in [0, 0.05) is 37.1 Å². The quantitative estimate of drug-likeness (QED) is 0.177. The largest absolute Gasteiger partial charge is 0.507 e. The number of nitrogens with one attached hydrogen (secondary N) is 3. The number of aromatic hydroxyl groups is 1. The maximum absolute atomic E-state index is 13.8. The molecule has 6 rings (SSSR count). The van der Waals surface area contributed by atoms with E-state index in [0.29, 0.717) is 61.1 Å². The van der Waals surface area contributed by atoms with Crippen LogP contribution in [0.2, 0.25) is 0 Å². The number of fused-ring (bicyclic) bond motifs is 2. The van der Waals surface area contributed by atoms with Crippen LogP contribution in [0.15, 0.2) is 68.4 Å². The summed E-state index contributed by atoms with van der Waals surface area (Å²) in [6, 6.07) is 2.84. The summed E-state index contributed by atoms with van der Waals surface area (Å²) in [5.74, 6) is 1.28. The molecule has 45 heavy (non-hydrogen) atoms. The van der Waals surface area contributed by atoms with Gasteiger partial charge >= 0.3 is 5.97 Å². The van der Waals surface area contributed by atoms with E-state index in [1.165, 1.54) is 6.07 Å². The van der Waals surface area contributed by atoms with Gasteiger partial charge in [-0.3, -0.25) is 4.79 Å². The van der Waals surface area contributed by atoms with Gasteiger partial charge in [0.15, 0.2) is 11.0 Å². The minimum absolute atomic E-state index is 0.0730. The van der Waals surface area contributed by atoms with E-state index in [0.717, 1.165) is 11.1 Å². The van der Waals surface area contributed by atoms with Crippen molar-refractivity contribution in [2.45, 2.75) is 75.9 Å². The van der Waals surface area contributed by atoms with Crippen LogP contribution in [-0.4, -0.2) is 60.7 Å². The number of hydrogen-bond acceptors (Lipinski definition) is 12. The van der Waals surface area contributed by atoms with Crippen LogP contribution in [0.4, 0.5) is 0 Å². The number of dihydropyridines is 2. The maximum Gasteiger partial charge on any atom is 0.341 e. The summed E-state index contributed by atoms with van der Waals surface area (Å²) in [5, 5.41) is 20.6. The Labute approximate surface area is 261 Å². The van der Waals surface area contributed by atoms with Crippen molar-refractivity contribution in [2.75, 3.05) is 20.1 Å². The summed E-state index contributed by atoms with van der Waals surface area (Å²) in [5.41, 5.74) is 12.5. The minimum atomic E-state index is -1.11. The van der Waals surface area contributed by atoms with E-state index in [1.54, 1.807) is 13.0 Å². The number of rotatable bonds is 9. The zero-order chi connectivity index (χ0) is 32.1. The van der Waals surface area contributed by atoms with Gasteiger partial charge in [-0.2, -0.15) is 0 Å². The van der Waals surface area contributed by atoms with E-state index in [4.69, 9.17) is 30.1 Å². The molecule has 4 aliphatic heterocycles. The third-order valence-corrected chi connectivity index (χ3v) is 8.94. The number of nitrogens with two attached hydrogens (primary N) is 2. The molecule has 5 heterocycles. The number of epoxide rings is 1. The molecule has 2 aromatic rings. The minimum Gasteiger partial charge on any atom is -0.507 e. The molecule has 0 radical (unpaired) electrons. The lowest BCUT2D eigenvalue weighted by atomic mass is 9.89. The van der Waals surface area contributed by atoms with Crippen molar-refractivity contribution in [3.05, 3.63) is 80.8 Å². The van der Waals surface area contributed by atoms with Crippen molar-refractivity contribution >= 4 is 16.9 Å². The highest BCUT2D eigenvalue weighted by Gasteiger charge is 2.63. The number of esters is 1. The summed E-state index contributed by atoms with van der Waals surface area (Å²) >= 11 is 0. The Kier molecular flexibility index (Phi) is 7.82. The number of allylic oxidation sites excluding steroid dienone is 2. The Bertz CT molecular complexity index is 1720. The van der Waals surface area contributed by atoms with E-state index in [2.05, 4.69) is 28.1 Å². The van der Waals surface area contributed by atoms with E-state index in [1.807, 2.05) is 33.0 Å². The maximum atomic E-state index is 13.8. The Morgan fingerprint density at radius 1 is 1.22 bits per heavy atom. The van der Waals surface area contributed by atoms with Crippen molar-refractivity contribution in [2.24, 2.45) is 11.5 Å². The Morgan fingerprint density at radius 3 is 2.78 bits per heavy atom. The molecule has 1 unspecified atom stereocenters. The van der Waals surface area contributed by atoms with Crippen molar-refractivity contribution < 1.29 is 28.5 Å². The lowest BCUT2D eigenvalue weighted by Gasteiger charge is -2.39. The fraction of sp³-hybridized carbons (Fsp3) is 0.455. The topological polar surface area (TPSA) is 187 Å². The van der Waals surface area contributed by atoms with Crippen LogP contribution in [0.25, 0.3) is 11.0 Å². The average Bonchev–Trinajstić information content (AvgIpc) is 3.69. The molecule has 0 aliphatic carbocycles. The molecule has 1 aromatic carbocycles. The van der Waals surface area contributed by atoms with Crippen molar-refractivity contribution in [3.63, 3.8) is 0 Å². The number of carbonyl (C=O) groups excluding carboxylic acids is 1. The average molecular weight is 620 g/mol. The molecule has 1 saturated heterocycles. The highest BCUT2D eigenvalue weighted by Crippen LogP contribution is 2.47. The van der Waals surface area contributed by atoms with E-state index >= 15 is 0 Å². The number of hydrogen-bond donors (Lipinski definition) is 6. The first kappa shape index (κ1) is 30.6. The predicted molar refractivity (Wildman–Crippen MR) is 168 cm³/mol. The summed E-state index contributed by atoms with van der Waals surface area (Å²) < 4.78 is 24.2. The van der Waals surface area contributed by atoms with Gasteiger partial charge in [0.05, 0.1) is 23.8 Å². The van der Waals surface area contributed by atoms with E-state index in [9.17, 15) is 14.7 Å². The van der Waals surface area contributed by atoms with Gasteiger partial charge in [0.25, 0.3) is 0 Å². The van der Waals surface area contributed by atoms with Gasteiger partial charge in [-0.25, -0.2) is 4.79 Å². The van der Waals surface area contributed by atoms with Crippen LogP contribution in [0.3, 0.4) is 0 Å². The molecule has 240 valence electrons. The van der Waals surface area contributed by atoms with Crippen molar-refractivity contribution in [3.8, 4) is 11.5 Å². The fourth-order valence-electron chi connectivity index (χ4n) is 6.40. The number of carbonyl (C=O) groups is 1. The fourth-order valence-corrected chi connectivity index (χ4v) is 6.40. The number of aryl methyl sites for hydroxylation is 1. The van der Waals surface area contributed by atoms with E-state index in [-0.39, 0.29) is 40.7 Å². The first-order chi connectivity index (χ1) is 21.4. The molecular weight excluding hydrogens is 578 g/mol. The van der Waals surface area contributed by atoms with Crippen LogP contribution < -0.4 is 37.6 Å². The highest BCUT2D eigenvalue weighted by atomic mass is 16.7. The molecule has 12 nitrogen and oxygen atoms in total. The van der Waals surface area contributed by atoms with Gasteiger partial charge in [-0.15, -0.1) is 0 Å². The monoisotopic (exact) mass is 619 g/mol. The molecule has 0 bridgehead atoms. The molecular formula is C33H41N5O7. The molecule has 12 heteroatoms. The van der Waals surface area contributed by atoms with Crippen LogP contribution in [0, 0.1) is 6.92 Å². The Morgan fingerprint density at radius 2 is 2.02 bits per heavy atom. The molecule has 8 N–H and O–H groups in total. The molecule has 1 aromatic heterocycles. The second-order valence-corrected chi connectivity index (χ2v) is 12.6. The second kappa shape index (κ2) is 11.5. The van der Waals surface area contributed by atoms with Crippen LogP contribution in [0.5, 0.6) is 11.5 Å². The molecule has 0 amide bonds. The summed E-state index contributed by atoms with van der Waals surface area (Å²) in [4.78, 5) is 26.5. The van der Waals surface area contributed by atoms with Crippen LogP contribution >= 0.6 is 0 Å². The lowest BCUT2D eigenvalue weighted by Crippen LogP contribution is -2.50. The second-order valence-electron chi connectivity index (χ2n) is 12.6. The van der Waals surface area contributed by atoms with Gasteiger partial charge in [0.1, 0.15) is 39.9 Å². The molecule has 4 aliphatic rings. The number of ether oxygens (including phenoxy) is 3.